The van der Waals surface area contributed by atoms with Crippen LogP contribution in [0, 0.1) is 19.8 Å². The van der Waals surface area contributed by atoms with Crippen molar-refractivity contribution in [1.29, 1.82) is 0 Å². The molecule has 31 heavy (non-hydrogen) atoms. The molecule has 158 valence electrons. The van der Waals surface area contributed by atoms with Crippen molar-refractivity contribution in [2.24, 2.45) is 11.0 Å². The van der Waals surface area contributed by atoms with Crippen molar-refractivity contribution in [1.82, 2.24) is 5.43 Å². The number of rotatable bonds is 6. The van der Waals surface area contributed by atoms with Crippen molar-refractivity contribution < 1.29 is 4.79 Å². The Balaban J connectivity index is 1.52. The van der Waals surface area contributed by atoms with Crippen LogP contribution in [0.2, 0.25) is 0 Å². The van der Waals surface area contributed by atoms with E-state index in [9.17, 15) is 4.79 Å². The molecule has 0 spiro atoms. The molecule has 1 amide bonds. The highest BCUT2D eigenvalue weighted by Crippen LogP contribution is 2.59. The lowest BCUT2D eigenvalue weighted by Gasteiger charge is -2.19. The molecule has 1 unspecified atom stereocenters. The summed E-state index contributed by atoms with van der Waals surface area (Å²) in [5.41, 5.74) is 9.36. The Morgan fingerprint density at radius 3 is 1.90 bits per heavy atom. The summed E-state index contributed by atoms with van der Waals surface area (Å²) in [5.74, 6) is -0.173. The van der Waals surface area contributed by atoms with Crippen molar-refractivity contribution in [2.45, 2.75) is 25.7 Å². The molecule has 3 aromatic rings. The number of hydrazone groups is 1. The van der Waals surface area contributed by atoms with Gasteiger partial charge in [0.15, 0.2) is 0 Å². The van der Waals surface area contributed by atoms with Crippen LogP contribution in [0.5, 0.6) is 0 Å². The van der Waals surface area contributed by atoms with Crippen molar-refractivity contribution in [2.75, 3.05) is 19.0 Å². The second-order valence-corrected chi connectivity index (χ2v) is 8.68. The fraction of sp³-hybridized carbons (Fsp3) is 0.259. The van der Waals surface area contributed by atoms with Crippen LogP contribution >= 0.6 is 0 Å². The highest BCUT2D eigenvalue weighted by atomic mass is 16.2. The van der Waals surface area contributed by atoms with Crippen LogP contribution in [0.25, 0.3) is 0 Å². The van der Waals surface area contributed by atoms with E-state index in [1.54, 1.807) is 6.21 Å². The number of amides is 1. The number of carbonyl (C=O) groups excluding carboxylic acids is 1. The third-order valence-electron chi connectivity index (χ3n) is 6.21. The molecule has 4 heteroatoms. The quantitative estimate of drug-likeness (QED) is 0.467. The topological polar surface area (TPSA) is 44.7 Å². The van der Waals surface area contributed by atoms with E-state index in [1.165, 1.54) is 22.3 Å². The van der Waals surface area contributed by atoms with Gasteiger partial charge in [-0.3, -0.25) is 4.79 Å². The molecule has 0 radical (unpaired) electrons. The van der Waals surface area contributed by atoms with Crippen LogP contribution in [-0.4, -0.2) is 26.2 Å². The normalized spacial score (nSPS) is 16.8. The van der Waals surface area contributed by atoms with Crippen LogP contribution < -0.4 is 10.3 Å². The van der Waals surface area contributed by atoms with Crippen molar-refractivity contribution in [3.05, 3.63) is 101 Å². The second-order valence-electron chi connectivity index (χ2n) is 8.68. The largest absolute Gasteiger partial charge is 0.378 e. The number of hydrogen-bond donors (Lipinski definition) is 1. The summed E-state index contributed by atoms with van der Waals surface area (Å²) in [4.78, 5) is 15.1. The van der Waals surface area contributed by atoms with Gasteiger partial charge in [0.05, 0.1) is 12.1 Å². The maximum Gasteiger partial charge on any atom is 0.244 e. The minimum Gasteiger partial charge on any atom is -0.378 e. The third kappa shape index (κ3) is 4.24. The standard InChI is InChI=1S/C27H29N3O/c1-19-5-11-22(12-6-19)27(23-13-7-20(2)8-14-23)17-25(27)26(31)29-28-18-21-9-15-24(16-10-21)30(3)4/h5-16,18,25H,17H2,1-4H3,(H,29,31). The summed E-state index contributed by atoms with van der Waals surface area (Å²) in [6.45, 7) is 4.17. The van der Waals surface area contributed by atoms with E-state index < -0.39 is 0 Å². The molecule has 3 aromatic carbocycles. The smallest absolute Gasteiger partial charge is 0.244 e. The molecular weight excluding hydrogens is 382 g/mol. The zero-order valence-corrected chi connectivity index (χ0v) is 18.6. The molecule has 4 rings (SSSR count). The molecule has 0 saturated heterocycles. The van der Waals surface area contributed by atoms with Gasteiger partial charge in [0.2, 0.25) is 5.91 Å². The lowest BCUT2D eigenvalue weighted by molar-refractivity contribution is -0.122. The van der Waals surface area contributed by atoms with Crippen LogP contribution in [0.3, 0.4) is 0 Å². The number of nitrogens with one attached hydrogen (secondary N) is 1. The lowest BCUT2D eigenvalue weighted by Crippen LogP contribution is -2.25. The highest BCUT2D eigenvalue weighted by Gasteiger charge is 2.60. The molecule has 0 aromatic heterocycles. The van der Waals surface area contributed by atoms with Crippen molar-refractivity contribution in [3.8, 4) is 0 Å². The third-order valence-corrected chi connectivity index (χ3v) is 6.21. The maximum absolute atomic E-state index is 13.0. The highest BCUT2D eigenvalue weighted by molar-refractivity contribution is 5.88. The Hall–Kier alpha value is -3.40. The summed E-state index contributed by atoms with van der Waals surface area (Å²) in [6, 6.07) is 25.1. The summed E-state index contributed by atoms with van der Waals surface area (Å²) in [6.07, 6.45) is 2.48. The van der Waals surface area contributed by atoms with Gasteiger partial charge in [0.25, 0.3) is 0 Å². The van der Waals surface area contributed by atoms with E-state index in [-0.39, 0.29) is 17.2 Å². The summed E-state index contributed by atoms with van der Waals surface area (Å²) < 4.78 is 0. The Kier molecular flexibility index (Phi) is 5.64. The van der Waals surface area contributed by atoms with E-state index in [2.05, 4.69) is 72.9 Å². The molecular formula is C27H29N3O. The number of benzene rings is 3. The maximum atomic E-state index is 13.0. The molecule has 4 nitrogen and oxygen atoms in total. The lowest BCUT2D eigenvalue weighted by atomic mass is 9.85. The Morgan fingerprint density at radius 1 is 0.903 bits per heavy atom. The minimum atomic E-state index is -0.283. The zero-order chi connectivity index (χ0) is 22.0. The molecule has 1 fully saturated rings. The predicted octanol–water partition coefficient (Wildman–Crippen LogP) is 4.83. The average molecular weight is 412 g/mol. The summed E-state index contributed by atoms with van der Waals surface area (Å²) in [5, 5.41) is 4.22. The minimum absolute atomic E-state index is 0.0395. The van der Waals surface area contributed by atoms with Gasteiger partial charge in [-0.05, 0) is 49.1 Å². The molecule has 1 N–H and O–H groups in total. The monoisotopic (exact) mass is 411 g/mol. The van der Waals surface area contributed by atoms with Gasteiger partial charge >= 0.3 is 0 Å². The second kappa shape index (κ2) is 8.38. The molecule has 0 bridgehead atoms. The van der Waals surface area contributed by atoms with Gasteiger partial charge < -0.3 is 4.90 Å². The fourth-order valence-electron chi connectivity index (χ4n) is 4.19. The predicted molar refractivity (Wildman–Crippen MR) is 128 cm³/mol. The summed E-state index contributed by atoms with van der Waals surface area (Å²) in [7, 11) is 4.01. The first-order valence-electron chi connectivity index (χ1n) is 10.6. The Bertz CT molecular complexity index is 1040. The van der Waals surface area contributed by atoms with E-state index in [0.717, 1.165) is 17.7 Å². The molecule has 0 aliphatic heterocycles. The number of hydrogen-bond acceptors (Lipinski definition) is 3. The fourth-order valence-corrected chi connectivity index (χ4v) is 4.19. The Morgan fingerprint density at radius 2 is 1.42 bits per heavy atom. The zero-order valence-electron chi connectivity index (χ0n) is 18.6. The van der Waals surface area contributed by atoms with E-state index >= 15 is 0 Å². The first-order chi connectivity index (χ1) is 14.9. The van der Waals surface area contributed by atoms with Gasteiger partial charge in [-0.2, -0.15) is 5.10 Å². The first-order valence-corrected chi connectivity index (χ1v) is 10.6. The van der Waals surface area contributed by atoms with E-state index in [1.807, 2.05) is 43.3 Å². The molecule has 1 aliphatic carbocycles. The van der Waals surface area contributed by atoms with Crippen LogP contribution in [-0.2, 0) is 10.2 Å². The van der Waals surface area contributed by atoms with Crippen molar-refractivity contribution >= 4 is 17.8 Å². The van der Waals surface area contributed by atoms with Crippen LogP contribution in [0.1, 0.15) is 34.2 Å². The van der Waals surface area contributed by atoms with Crippen molar-refractivity contribution in [3.63, 3.8) is 0 Å². The molecule has 0 heterocycles. The van der Waals surface area contributed by atoms with Crippen LogP contribution in [0.15, 0.2) is 77.9 Å². The number of aryl methyl sites for hydroxylation is 2. The van der Waals surface area contributed by atoms with Gasteiger partial charge in [-0.25, -0.2) is 5.43 Å². The average Bonchev–Trinajstić information content (AvgIpc) is 3.52. The molecule has 1 saturated carbocycles. The van der Waals surface area contributed by atoms with Gasteiger partial charge in [-0.15, -0.1) is 0 Å². The first kappa shape index (κ1) is 20.9. The summed E-state index contributed by atoms with van der Waals surface area (Å²) >= 11 is 0. The number of carbonyl (C=O) groups is 1. The van der Waals surface area contributed by atoms with Gasteiger partial charge in [0.1, 0.15) is 0 Å². The van der Waals surface area contributed by atoms with Crippen LogP contribution in [0.4, 0.5) is 5.69 Å². The van der Waals surface area contributed by atoms with E-state index in [0.29, 0.717) is 0 Å². The Labute approximate surface area is 184 Å². The SMILES string of the molecule is Cc1ccc(C2(c3ccc(C)cc3)CC2C(=O)NN=Cc2ccc(N(C)C)cc2)cc1. The van der Waals surface area contributed by atoms with E-state index in [4.69, 9.17) is 0 Å². The molecule has 1 aliphatic rings. The van der Waals surface area contributed by atoms with Gasteiger partial charge in [-0.1, -0.05) is 71.8 Å². The number of nitrogens with zero attached hydrogens (tertiary/aromatic N) is 2. The molecule has 1 atom stereocenters. The number of anilines is 1. The van der Waals surface area contributed by atoms with Gasteiger partial charge in [0, 0.05) is 25.2 Å².